The van der Waals surface area contributed by atoms with Gasteiger partial charge in [-0.1, -0.05) is 66.7 Å². The van der Waals surface area contributed by atoms with Crippen LogP contribution in [0, 0.1) is 0 Å². The highest BCUT2D eigenvalue weighted by molar-refractivity contribution is 6.08. The molecule has 0 saturated carbocycles. The molecule has 0 radical (unpaired) electrons. The predicted octanol–water partition coefficient (Wildman–Crippen LogP) is 12.2. The maximum absolute atomic E-state index is 6.21. The Balaban J connectivity index is 1.25. The van der Waals surface area contributed by atoms with Gasteiger partial charge in [0.05, 0.1) is 0 Å². The van der Waals surface area contributed by atoms with Gasteiger partial charge in [-0.05, 0) is 106 Å². The Hall–Kier alpha value is -6.72. The third-order valence-corrected chi connectivity index (χ3v) is 9.39. The van der Waals surface area contributed by atoms with Gasteiger partial charge in [0.2, 0.25) is 0 Å². The van der Waals surface area contributed by atoms with E-state index in [4.69, 9.17) is 8.83 Å². The van der Waals surface area contributed by atoms with E-state index in [1.807, 2.05) is 24.5 Å². The van der Waals surface area contributed by atoms with Gasteiger partial charge in [0.1, 0.15) is 22.3 Å². The third kappa shape index (κ3) is 4.63. The lowest BCUT2D eigenvalue weighted by molar-refractivity contribution is 0.668. The number of aromatic nitrogens is 2. The Morgan fingerprint density at radius 2 is 0.939 bits per heavy atom. The summed E-state index contributed by atoms with van der Waals surface area (Å²) in [5.41, 5.74) is 10.9. The largest absolute Gasteiger partial charge is 0.456 e. The molecule has 10 aromatic rings. The molecule has 0 bridgehead atoms. The SMILES string of the molecule is c1ccc(-c2cc(-c3ccc4ccccc4c3)cc(N(c3ccc4oc5ccncc5c4c3)c3ccc4oc5ccncc5c4c3)c2)cc1. The number of benzene rings is 6. The van der Waals surface area contributed by atoms with Crippen molar-refractivity contribution < 1.29 is 8.83 Å². The van der Waals surface area contributed by atoms with Crippen molar-refractivity contribution in [1.29, 1.82) is 0 Å². The zero-order chi connectivity index (χ0) is 32.3. The summed E-state index contributed by atoms with van der Waals surface area (Å²) >= 11 is 0. The second-order valence-corrected chi connectivity index (χ2v) is 12.3. The van der Waals surface area contributed by atoms with Crippen LogP contribution in [0.15, 0.2) is 173 Å². The Morgan fingerprint density at radius 1 is 0.367 bits per heavy atom. The number of hydrogen-bond acceptors (Lipinski definition) is 5. The molecule has 0 atom stereocenters. The average Bonchev–Trinajstić information content (AvgIpc) is 3.73. The molecular formula is C44H27N3O2. The second-order valence-electron chi connectivity index (χ2n) is 12.3. The number of nitrogens with zero attached hydrogens (tertiary/aromatic N) is 3. The van der Waals surface area contributed by atoms with Crippen LogP contribution >= 0.6 is 0 Å². The smallest absolute Gasteiger partial charge is 0.138 e. The molecule has 4 heterocycles. The molecule has 0 unspecified atom stereocenters. The minimum absolute atomic E-state index is 0.817. The standard InChI is InChI=1S/C44H27N3O2/c1-2-6-28(7-3-1)32-21-33(31-11-10-29-8-4-5-9-30(29)20-31)23-36(22-32)47(34-12-14-41-37(24-34)39-26-45-18-16-43(39)48-41)35-13-15-42-38(25-35)40-27-46-19-17-44(40)49-42/h1-27H. The minimum Gasteiger partial charge on any atom is -0.456 e. The summed E-state index contributed by atoms with van der Waals surface area (Å²) in [7, 11) is 0. The van der Waals surface area contributed by atoms with Crippen molar-refractivity contribution >= 4 is 71.7 Å². The molecule has 0 N–H and O–H groups in total. The van der Waals surface area contributed by atoms with Crippen LogP contribution in [-0.4, -0.2) is 9.97 Å². The highest BCUT2D eigenvalue weighted by atomic mass is 16.3. The van der Waals surface area contributed by atoms with Crippen molar-refractivity contribution in [2.75, 3.05) is 4.90 Å². The fourth-order valence-electron chi connectivity index (χ4n) is 7.02. The van der Waals surface area contributed by atoms with Gasteiger partial charge in [-0.25, -0.2) is 0 Å². The normalized spacial score (nSPS) is 11.7. The van der Waals surface area contributed by atoms with E-state index in [2.05, 4.69) is 142 Å². The van der Waals surface area contributed by atoms with E-state index in [1.165, 1.54) is 10.8 Å². The van der Waals surface area contributed by atoms with Crippen LogP contribution in [0.4, 0.5) is 17.1 Å². The van der Waals surface area contributed by atoms with Gasteiger partial charge in [0.15, 0.2) is 0 Å². The highest BCUT2D eigenvalue weighted by Gasteiger charge is 2.19. The van der Waals surface area contributed by atoms with Crippen LogP contribution in [0.3, 0.4) is 0 Å². The van der Waals surface area contributed by atoms with Crippen LogP contribution in [0.1, 0.15) is 0 Å². The van der Waals surface area contributed by atoms with Crippen molar-refractivity contribution in [2.24, 2.45) is 0 Å². The van der Waals surface area contributed by atoms with Gasteiger partial charge in [-0.15, -0.1) is 0 Å². The lowest BCUT2D eigenvalue weighted by atomic mass is 9.95. The van der Waals surface area contributed by atoms with Crippen molar-refractivity contribution in [1.82, 2.24) is 9.97 Å². The Kier molecular flexibility index (Phi) is 6.11. The summed E-state index contributed by atoms with van der Waals surface area (Å²) in [5, 5.41) is 6.42. The third-order valence-electron chi connectivity index (χ3n) is 9.39. The van der Waals surface area contributed by atoms with Gasteiger partial charge in [-0.3, -0.25) is 9.97 Å². The molecule has 5 nitrogen and oxygen atoms in total. The van der Waals surface area contributed by atoms with E-state index in [-0.39, 0.29) is 0 Å². The molecule has 230 valence electrons. The number of fused-ring (bicyclic) bond motifs is 7. The van der Waals surface area contributed by atoms with Crippen LogP contribution in [0.25, 0.3) is 76.9 Å². The number of rotatable bonds is 5. The van der Waals surface area contributed by atoms with Crippen molar-refractivity contribution in [3.05, 3.63) is 164 Å². The van der Waals surface area contributed by atoms with E-state index >= 15 is 0 Å². The number of pyridine rings is 2. The van der Waals surface area contributed by atoms with Crippen molar-refractivity contribution in [2.45, 2.75) is 0 Å². The van der Waals surface area contributed by atoms with Crippen LogP contribution in [0.2, 0.25) is 0 Å². The lowest BCUT2D eigenvalue weighted by Gasteiger charge is -2.27. The molecule has 5 heteroatoms. The molecule has 6 aromatic carbocycles. The number of hydrogen-bond donors (Lipinski definition) is 0. The van der Waals surface area contributed by atoms with E-state index < -0.39 is 0 Å². The molecular weight excluding hydrogens is 603 g/mol. The van der Waals surface area contributed by atoms with Gasteiger partial charge in [-0.2, -0.15) is 0 Å². The van der Waals surface area contributed by atoms with E-state index in [0.717, 1.165) is 83.2 Å². The molecule has 49 heavy (non-hydrogen) atoms. The van der Waals surface area contributed by atoms with Gasteiger partial charge in [0.25, 0.3) is 0 Å². The topological polar surface area (TPSA) is 55.3 Å². The molecule has 0 spiro atoms. The Labute approximate surface area is 281 Å². The van der Waals surface area contributed by atoms with E-state index in [0.29, 0.717) is 0 Å². The number of furan rings is 2. The molecule has 0 aliphatic heterocycles. The Bertz CT molecular complexity index is 2740. The molecule has 0 aliphatic carbocycles. The maximum Gasteiger partial charge on any atom is 0.138 e. The maximum atomic E-state index is 6.21. The first-order chi connectivity index (χ1) is 24.2. The van der Waals surface area contributed by atoms with Crippen LogP contribution < -0.4 is 4.90 Å². The fourth-order valence-corrected chi connectivity index (χ4v) is 7.02. The second kappa shape index (κ2) is 10.9. The molecule has 0 aliphatic rings. The highest BCUT2D eigenvalue weighted by Crippen LogP contribution is 2.43. The molecule has 0 saturated heterocycles. The molecule has 4 aromatic heterocycles. The summed E-state index contributed by atoms with van der Waals surface area (Å²) in [6, 6.07) is 49.2. The summed E-state index contributed by atoms with van der Waals surface area (Å²) in [6.45, 7) is 0. The zero-order valence-corrected chi connectivity index (χ0v) is 26.2. The predicted molar refractivity (Wildman–Crippen MR) is 200 cm³/mol. The first kappa shape index (κ1) is 27.4. The quantitative estimate of drug-likeness (QED) is 0.190. The fraction of sp³-hybridized carbons (Fsp3) is 0. The first-order valence-electron chi connectivity index (χ1n) is 16.3. The Morgan fingerprint density at radius 3 is 1.59 bits per heavy atom. The summed E-state index contributed by atoms with van der Waals surface area (Å²) < 4.78 is 12.4. The molecule has 0 amide bonds. The average molecular weight is 630 g/mol. The zero-order valence-electron chi connectivity index (χ0n) is 26.2. The van der Waals surface area contributed by atoms with E-state index in [9.17, 15) is 0 Å². The van der Waals surface area contributed by atoms with Gasteiger partial charge in [0, 0.05) is 63.4 Å². The van der Waals surface area contributed by atoms with Crippen LogP contribution in [-0.2, 0) is 0 Å². The lowest BCUT2D eigenvalue weighted by Crippen LogP contribution is -2.10. The summed E-state index contributed by atoms with van der Waals surface area (Å²) in [4.78, 5) is 11.1. The van der Waals surface area contributed by atoms with Crippen molar-refractivity contribution in [3.63, 3.8) is 0 Å². The summed E-state index contributed by atoms with van der Waals surface area (Å²) in [6.07, 6.45) is 7.28. The van der Waals surface area contributed by atoms with Crippen molar-refractivity contribution in [3.8, 4) is 22.3 Å². The molecule has 0 fully saturated rings. The summed E-state index contributed by atoms with van der Waals surface area (Å²) in [5.74, 6) is 0. The molecule has 10 rings (SSSR count). The number of anilines is 3. The first-order valence-corrected chi connectivity index (χ1v) is 16.3. The monoisotopic (exact) mass is 629 g/mol. The minimum atomic E-state index is 0.817. The van der Waals surface area contributed by atoms with E-state index in [1.54, 1.807) is 12.4 Å². The van der Waals surface area contributed by atoms with Gasteiger partial charge < -0.3 is 13.7 Å². The van der Waals surface area contributed by atoms with Gasteiger partial charge >= 0.3 is 0 Å². The van der Waals surface area contributed by atoms with Crippen LogP contribution in [0.5, 0.6) is 0 Å².